The monoisotopic (exact) mass is 312 g/mol. The summed E-state index contributed by atoms with van der Waals surface area (Å²) >= 11 is 8.13. The molecule has 1 unspecified atom stereocenters. The summed E-state index contributed by atoms with van der Waals surface area (Å²) in [4.78, 5) is 5.65. The molecule has 2 aromatic rings. The number of aryl methyl sites for hydroxylation is 3. The van der Waals surface area contributed by atoms with Gasteiger partial charge in [0.1, 0.15) is 5.01 Å². The highest BCUT2D eigenvalue weighted by molar-refractivity contribution is 7.11. The van der Waals surface area contributed by atoms with Crippen LogP contribution < -0.4 is 5.32 Å². The number of nitrogens with one attached hydrogen (secondary N) is 1. The molecule has 110 valence electrons. The molecule has 0 spiro atoms. The van der Waals surface area contributed by atoms with E-state index in [1.54, 1.807) is 11.3 Å². The van der Waals surface area contributed by atoms with Gasteiger partial charge in [-0.25, -0.2) is 4.98 Å². The zero-order chi connectivity index (χ0) is 14.7. The lowest BCUT2D eigenvalue weighted by Gasteiger charge is -2.12. The highest BCUT2D eigenvalue weighted by atomic mass is 35.5. The van der Waals surface area contributed by atoms with E-state index in [2.05, 4.69) is 43.1 Å². The van der Waals surface area contributed by atoms with E-state index in [-0.39, 0.29) is 6.04 Å². The largest absolute Gasteiger partial charge is 0.302 e. The zero-order valence-electron chi connectivity index (χ0n) is 12.4. The molecule has 0 bridgehead atoms. The Kier molecular flexibility index (Phi) is 5.18. The van der Waals surface area contributed by atoms with E-state index < -0.39 is 0 Å². The maximum absolute atomic E-state index is 6.41. The number of hydrogen-bond acceptors (Lipinski definition) is 4. The average molecular weight is 313 g/mol. The minimum absolute atomic E-state index is 0.218. The van der Waals surface area contributed by atoms with Crippen molar-refractivity contribution in [2.75, 3.05) is 0 Å². The van der Waals surface area contributed by atoms with Crippen molar-refractivity contribution in [1.29, 1.82) is 0 Å². The molecule has 0 amide bonds. The summed E-state index contributed by atoms with van der Waals surface area (Å²) in [5.41, 5.74) is 2.04. The van der Waals surface area contributed by atoms with Crippen LogP contribution in [0.2, 0.25) is 5.02 Å². The third kappa shape index (κ3) is 3.22. The van der Waals surface area contributed by atoms with Crippen LogP contribution in [0.5, 0.6) is 0 Å². The van der Waals surface area contributed by atoms with Crippen LogP contribution >= 0.6 is 22.9 Å². The van der Waals surface area contributed by atoms with Crippen LogP contribution in [0.25, 0.3) is 0 Å². The first-order valence-corrected chi connectivity index (χ1v) is 8.16. The fourth-order valence-electron chi connectivity index (χ4n) is 2.10. The summed E-state index contributed by atoms with van der Waals surface area (Å²) in [6, 6.07) is 0.218. The summed E-state index contributed by atoms with van der Waals surface area (Å²) in [6.45, 7) is 9.90. The molecule has 6 heteroatoms. The van der Waals surface area contributed by atoms with Crippen molar-refractivity contribution in [3.05, 3.63) is 32.5 Å². The van der Waals surface area contributed by atoms with Crippen LogP contribution in [0.15, 0.2) is 6.20 Å². The fraction of sp³-hybridized carbons (Fsp3) is 0.571. The van der Waals surface area contributed by atoms with Crippen molar-refractivity contribution in [3.8, 4) is 0 Å². The molecule has 0 radical (unpaired) electrons. The third-order valence-corrected chi connectivity index (χ3v) is 4.81. The van der Waals surface area contributed by atoms with Crippen LogP contribution in [0, 0.1) is 6.92 Å². The molecule has 1 N–H and O–H groups in total. The smallest absolute Gasteiger partial charge is 0.109 e. The number of halogens is 1. The maximum atomic E-state index is 6.41. The van der Waals surface area contributed by atoms with Crippen LogP contribution in [0.4, 0.5) is 0 Å². The SMILES string of the molecule is CCc1nn(CC)c(CNC(C)c2ncc(C)s2)c1Cl. The quantitative estimate of drug-likeness (QED) is 0.883. The molecule has 4 nitrogen and oxygen atoms in total. The van der Waals surface area contributed by atoms with Crippen molar-refractivity contribution >= 4 is 22.9 Å². The van der Waals surface area contributed by atoms with Gasteiger partial charge in [0.25, 0.3) is 0 Å². The van der Waals surface area contributed by atoms with Gasteiger partial charge >= 0.3 is 0 Å². The minimum atomic E-state index is 0.218. The number of nitrogens with zero attached hydrogens (tertiary/aromatic N) is 3. The molecule has 0 saturated carbocycles. The second-order valence-corrected chi connectivity index (χ2v) is 6.43. The molecule has 0 fully saturated rings. The lowest BCUT2D eigenvalue weighted by molar-refractivity contribution is 0.529. The highest BCUT2D eigenvalue weighted by Gasteiger charge is 2.16. The van der Waals surface area contributed by atoms with Crippen LogP contribution in [0.1, 0.15) is 48.1 Å². The lowest BCUT2D eigenvalue weighted by atomic mass is 10.3. The van der Waals surface area contributed by atoms with Gasteiger partial charge in [0.2, 0.25) is 0 Å². The molecule has 0 saturated heterocycles. The second-order valence-electron chi connectivity index (χ2n) is 4.79. The Morgan fingerprint density at radius 1 is 1.45 bits per heavy atom. The molecule has 1 atom stereocenters. The van der Waals surface area contributed by atoms with Crippen LogP contribution in [-0.2, 0) is 19.5 Å². The predicted octanol–water partition coefficient (Wildman–Crippen LogP) is 3.73. The molecule has 20 heavy (non-hydrogen) atoms. The van der Waals surface area contributed by atoms with Gasteiger partial charge in [-0.15, -0.1) is 11.3 Å². The molecule has 0 aliphatic rings. The Hall–Kier alpha value is -0.910. The number of thiazole rings is 1. The summed E-state index contributed by atoms with van der Waals surface area (Å²) in [6.07, 6.45) is 2.77. The normalized spacial score (nSPS) is 12.8. The van der Waals surface area contributed by atoms with Gasteiger partial charge < -0.3 is 5.32 Å². The predicted molar refractivity (Wildman–Crippen MR) is 84.4 cm³/mol. The van der Waals surface area contributed by atoms with Gasteiger partial charge in [0, 0.05) is 24.2 Å². The van der Waals surface area contributed by atoms with Crippen LogP contribution in [0.3, 0.4) is 0 Å². The van der Waals surface area contributed by atoms with Gasteiger partial charge in [0.15, 0.2) is 0 Å². The van der Waals surface area contributed by atoms with Crippen molar-refractivity contribution in [3.63, 3.8) is 0 Å². The number of rotatable bonds is 6. The first-order valence-electron chi connectivity index (χ1n) is 6.96. The van der Waals surface area contributed by atoms with Gasteiger partial charge in [-0.3, -0.25) is 4.68 Å². The molecular formula is C14H21ClN4S. The van der Waals surface area contributed by atoms with Crippen molar-refractivity contribution in [2.45, 2.75) is 53.2 Å². The first kappa shape index (κ1) is 15.5. The van der Waals surface area contributed by atoms with Gasteiger partial charge in [-0.1, -0.05) is 18.5 Å². The van der Waals surface area contributed by atoms with E-state index in [9.17, 15) is 0 Å². The number of aromatic nitrogens is 3. The van der Waals surface area contributed by atoms with Crippen molar-refractivity contribution in [2.24, 2.45) is 0 Å². The lowest BCUT2D eigenvalue weighted by Crippen LogP contribution is -2.20. The van der Waals surface area contributed by atoms with Gasteiger partial charge in [-0.2, -0.15) is 5.10 Å². The molecule has 0 aromatic carbocycles. The van der Waals surface area contributed by atoms with Crippen LogP contribution in [-0.4, -0.2) is 14.8 Å². The molecule has 2 aromatic heterocycles. The Bertz CT molecular complexity index is 576. The second kappa shape index (κ2) is 6.70. The summed E-state index contributed by atoms with van der Waals surface area (Å²) in [7, 11) is 0. The standard InChI is InChI=1S/C14H21ClN4S/c1-5-11-13(15)12(19(6-2)18-11)8-16-10(4)14-17-7-9(3)20-14/h7,10,16H,5-6,8H2,1-4H3. The fourth-order valence-corrected chi connectivity index (χ4v) is 3.23. The Morgan fingerprint density at radius 3 is 2.75 bits per heavy atom. The van der Waals surface area contributed by atoms with E-state index in [0.717, 1.165) is 34.4 Å². The summed E-state index contributed by atoms with van der Waals surface area (Å²) in [5, 5.41) is 9.92. The summed E-state index contributed by atoms with van der Waals surface area (Å²) in [5.74, 6) is 0. The Morgan fingerprint density at radius 2 is 2.20 bits per heavy atom. The van der Waals surface area contributed by atoms with Gasteiger partial charge in [-0.05, 0) is 27.2 Å². The third-order valence-electron chi connectivity index (χ3n) is 3.28. The first-order chi connectivity index (χ1) is 9.56. The molecule has 0 aliphatic carbocycles. The maximum Gasteiger partial charge on any atom is 0.109 e. The van der Waals surface area contributed by atoms with E-state index in [1.807, 2.05) is 10.9 Å². The Balaban J connectivity index is 2.08. The van der Waals surface area contributed by atoms with Gasteiger partial charge in [0.05, 0.1) is 22.5 Å². The van der Waals surface area contributed by atoms with E-state index in [1.165, 1.54) is 4.88 Å². The number of hydrogen-bond donors (Lipinski definition) is 1. The zero-order valence-corrected chi connectivity index (χ0v) is 14.0. The molecule has 2 heterocycles. The van der Waals surface area contributed by atoms with Crippen molar-refractivity contribution < 1.29 is 0 Å². The van der Waals surface area contributed by atoms with E-state index in [4.69, 9.17) is 11.6 Å². The van der Waals surface area contributed by atoms with Crippen molar-refractivity contribution in [1.82, 2.24) is 20.1 Å². The average Bonchev–Trinajstić information content (AvgIpc) is 3.00. The topological polar surface area (TPSA) is 42.7 Å². The van der Waals surface area contributed by atoms with E-state index >= 15 is 0 Å². The molecular weight excluding hydrogens is 292 g/mol. The summed E-state index contributed by atoms with van der Waals surface area (Å²) < 4.78 is 1.98. The molecule has 0 aliphatic heterocycles. The minimum Gasteiger partial charge on any atom is -0.302 e. The highest BCUT2D eigenvalue weighted by Crippen LogP contribution is 2.23. The van der Waals surface area contributed by atoms with E-state index in [0.29, 0.717) is 6.54 Å². The molecule has 2 rings (SSSR count). The Labute approximate surface area is 129 Å².